The van der Waals surface area contributed by atoms with E-state index in [0.717, 1.165) is 5.56 Å². The first-order chi connectivity index (χ1) is 7.50. The van der Waals surface area contributed by atoms with E-state index in [1.165, 1.54) is 0 Å². The van der Waals surface area contributed by atoms with Gasteiger partial charge in [-0.05, 0) is 30.5 Å². The van der Waals surface area contributed by atoms with E-state index < -0.39 is 6.10 Å². The van der Waals surface area contributed by atoms with E-state index in [9.17, 15) is 5.11 Å². The SMILES string of the molecule is CC(C)COC(c1cccc(Cl)c1)C(C)O. The van der Waals surface area contributed by atoms with E-state index in [-0.39, 0.29) is 6.10 Å². The van der Waals surface area contributed by atoms with Crippen LogP contribution in [0.4, 0.5) is 0 Å². The lowest BCUT2D eigenvalue weighted by Gasteiger charge is -2.22. The normalized spacial score (nSPS) is 15.1. The Hall–Kier alpha value is -0.570. The molecule has 0 spiro atoms. The topological polar surface area (TPSA) is 29.5 Å². The Labute approximate surface area is 102 Å². The van der Waals surface area contributed by atoms with Crippen LogP contribution < -0.4 is 0 Å². The molecule has 2 nitrogen and oxygen atoms in total. The van der Waals surface area contributed by atoms with Crippen LogP contribution in [0.25, 0.3) is 0 Å². The minimum atomic E-state index is -0.544. The van der Waals surface area contributed by atoms with Crippen LogP contribution in [0.3, 0.4) is 0 Å². The minimum Gasteiger partial charge on any atom is -0.390 e. The number of aliphatic hydroxyl groups excluding tert-OH is 1. The highest BCUT2D eigenvalue weighted by molar-refractivity contribution is 6.30. The van der Waals surface area contributed by atoms with Gasteiger partial charge in [0.2, 0.25) is 0 Å². The highest BCUT2D eigenvalue weighted by Crippen LogP contribution is 2.24. The molecule has 0 heterocycles. The van der Waals surface area contributed by atoms with Crippen molar-refractivity contribution in [1.82, 2.24) is 0 Å². The summed E-state index contributed by atoms with van der Waals surface area (Å²) in [6.07, 6.45) is -0.849. The molecule has 1 aromatic carbocycles. The van der Waals surface area contributed by atoms with Crippen molar-refractivity contribution < 1.29 is 9.84 Å². The zero-order valence-corrected chi connectivity index (χ0v) is 10.7. The summed E-state index contributed by atoms with van der Waals surface area (Å²) in [5.41, 5.74) is 0.920. The van der Waals surface area contributed by atoms with Crippen molar-refractivity contribution in [2.45, 2.75) is 33.0 Å². The van der Waals surface area contributed by atoms with E-state index in [2.05, 4.69) is 13.8 Å². The molecule has 0 aliphatic rings. The Morgan fingerprint density at radius 3 is 2.50 bits per heavy atom. The zero-order valence-electron chi connectivity index (χ0n) is 9.98. The molecule has 90 valence electrons. The fourth-order valence-corrected chi connectivity index (χ4v) is 1.69. The van der Waals surface area contributed by atoms with Crippen LogP contribution in [0, 0.1) is 5.92 Å². The molecular weight excluding hydrogens is 224 g/mol. The number of benzene rings is 1. The molecule has 0 saturated heterocycles. The standard InChI is InChI=1S/C13H19ClO2/c1-9(2)8-16-13(10(3)15)11-5-4-6-12(14)7-11/h4-7,9-10,13,15H,8H2,1-3H3. The molecule has 0 radical (unpaired) electrons. The second kappa shape index (κ2) is 6.24. The second-order valence-corrected chi connectivity index (χ2v) is 4.88. The molecule has 0 aliphatic carbocycles. The monoisotopic (exact) mass is 242 g/mol. The first kappa shape index (κ1) is 13.5. The van der Waals surface area contributed by atoms with Crippen LogP contribution >= 0.6 is 11.6 Å². The molecular formula is C13H19ClO2. The third-order valence-electron chi connectivity index (χ3n) is 2.22. The molecule has 1 aromatic rings. The number of rotatable bonds is 5. The third kappa shape index (κ3) is 4.12. The lowest BCUT2D eigenvalue weighted by Crippen LogP contribution is -2.20. The zero-order chi connectivity index (χ0) is 12.1. The molecule has 2 unspecified atom stereocenters. The van der Waals surface area contributed by atoms with Crippen molar-refractivity contribution in [1.29, 1.82) is 0 Å². The van der Waals surface area contributed by atoms with E-state index >= 15 is 0 Å². The maximum absolute atomic E-state index is 9.70. The van der Waals surface area contributed by atoms with Crippen molar-refractivity contribution in [2.75, 3.05) is 6.61 Å². The van der Waals surface area contributed by atoms with Gasteiger partial charge >= 0.3 is 0 Å². The van der Waals surface area contributed by atoms with Crippen LogP contribution in [0.5, 0.6) is 0 Å². The van der Waals surface area contributed by atoms with Gasteiger partial charge in [0, 0.05) is 11.6 Å². The highest BCUT2D eigenvalue weighted by Gasteiger charge is 2.18. The van der Waals surface area contributed by atoms with Crippen LogP contribution in [-0.2, 0) is 4.74 Å². The van der Waals surface area contributed by atoms with Gasteiger partial charge in [-0.1, -0.05) is 37.6 Å². The van der Waals surface area contributed by atoms with Gasteiger partial charge in [0.05, 0.1) is 6.10 Å². The van der Waals surface area contributed by atoms with Gasteiger partial charge in [-0.3, -0.25) is 0 Å². The fraction of sp³-hybridized carbons (Fsp3) is 0.538. The van der Waals surface area contributed by atoms with Crippen molar-refractivity contribution in [3.63, 3.8) is 0 Å². The quantitative estimate of drug-likeness (QED) is 0.857. The van der Waals surface area contributed by atoms with Gasteiger partial charge in [0.25, 0.3) is 0 Å². The smallest absolute Gasteiger partial charge is 0.108 e. The summed E-state index contributed by atoms with van der Waals surface area (Å²) < 4.78 is 5.70. The lowest BCUT2D eigenvalue weighted by molar-refractivity contribution is -0.0407. The van der Waals surface area contributed by atoms with Gasteiger partial charge < -0.3 is 9.84 Å². The molecule has 0 bridgehead atoms. The maximum Gasteiger partial charge on any atom is 0.108 e. The molecule has 0 aliphatic heterocycles. The number of ether oxygens (including phenoxy) is 1. The van der Waals surface area contributed by atoms with Crippen molar-refractivity contribution in [3.05, 3.63) is 34.9 Å². The summed E-state index contributed by atoms with van der Waals surface area (Å²) in [7, 11) is 0. The number of aliphatic hydroxyl groups is 1. The van der Waals surface area contributed by atoms with Gasteiger partial charge in [0.15, 0.2) is 0 Å². The second-order valence-electron chi connectivity index (χ2n) is 4.44. The Kier molecular flexibility index (Phi) is 5.26. The van der Waals surface area contributed by atoms with E-state index in [1.54, 1.807) is 6.92 Å². The Morgan fingerprint density at radius 2 is 2.00 bits per heavy atom. The molecule has 1 N–H and O–H groups in total. The van der Waals surface area contributed by atoms with Crippen LogP contribution in [0.2, 0.25) is 5.02 Å². The van der Waals surface area contributed by atoms with E-state index in [0.29, 0.717) is 17.5 Å². The maximum atomic E-state index is 9.70. The largest absolute Gasteiger partial charge is 0.390 e. The summed E-state index contributed by atoms with van der Waals surface area (Å²) in [6.45, 7) is 6.52. The third-order valence-corrected chi connectivity index (χ3v) is 2.46. The number of hydrogen-bond donors (Lipinski definition) is 1. The van der Waals surface area contributed by atoms with Gasteiger partial charge in [-0.2, -0.15) is 0 Å². The molecule has 3 heteroatoms. The molecule has 0 amide bonds. The van der Waals surface area contributed by atoms with Crippen LogP contribution in [-0.4, -0.2) is 17.8 Å². The fourth-order valence-electron chi connectivity index (χ4n) is 1.49. The summed E-state index contributed by atoms with van der Waals surface area (Å²) in [6, 6.07) is 7.43. The lowest BCUT2D eigenvalue weighted by atomic mass is 10.1. The van der Waals surface area contributed by atoms with Gasteiger partial charge in [0.1, 0.15) is 6.10 Å². The Morgan fingerprint density at radius 1 is 1.31 bits per heavy atom. The predicted molar refractivity (Wildman–Crippen MR) is 66.7 cm³/mol. The summed E-state index contributed by atoms with van der Waals surface area (Å²) in [4.78, 5) is 0. The van der Waals surface area contributed by atoms with Crippen molar-refractivity contribution >= 4 is 11.6 Å². The van der Waals surface area contributed by atoms with Crippen molar-refractivity contribution in [2.24, 2.45) is 5.92 Å². The van der Waals surface area contributed by atoms with E-state index in [1.807, 2.05) is 24.3 Å². The molecule has 0 fully saturated rings. The van der Waals surface area contributed by atoms with Crippen LogP contribution in [0.1, 0.15) is 32.4 Å². The Balaban J connectivity index is 2.77. The summed E-state index contributed by atoms with van der Waals surface area (Å²) in [5, 5.41) is 10.4. The van der Waals surface area contributed by atoms with Gasteiger partial charge in [-0.15, -0.1) is 0 Å². The summed E-state index contributed by atoms with van der Waals surface area (Å²) >= 11 is 5.92. The average molecular weight is 243 g/mol. The van der Waals surface area contributed by atoms with Crippen molar-refractivity contribution in [3.8, 4) is 0 Å². The predicted octanol–water partition coefficient (Wildman–Crippen LogP) is 3.43. The molecule has 0 saturated carbocycles. The molecule has 16 heavy (non-hydrogen) atoms. The highest BCUT2D eigenvalue weighted by atomic mass is 35.5. The molecule has 2 atom stereocenters. The molecule has 0 aromatic heterocycles. The first-order valence-electron chi connectivity index (χ1n) is 5.56. The first-order valence-corrected chi connectivity index (χ1v) is 5.93. The number of halogens is 1. The minimum absolute atomic E-state index is 0.305. The average Bonchev–Trinajstić information content (AvgIpc) is 2.17. The van der Waals surface area contributed by atoms with Crippen LogP contribution in [0.15, 0.2) is 24.3 Å². The van der Waals surface area contributed by atoms with Gasteiger partial charge in [-0.25, -0.2) is 0 Å². The Bertz CT molecular complexity index is 323. The summed E-state index contributed by atoms with van der Waals surface area (Å²) in [5.74, 6) is 0.445. The number of hydrogen-bond acceptors (Lipinski definition) is 2. The molecule has 1 rings (SSSR count). The van der Waals surface area contributed by atoms with E-state index in [4.69, 9.17) is 16.3 Å².